The van der Waals surface area contributed by atoms with Crippen molar-refractivity contribution < 1.29 is 18.3 Å². The summed E-state index contributed by atoms with van der Waals surface area (Å²) >= 11 is 0. The van der Waals surface area contributed by atoms with E-state index in [0.29, 0.717) is 11.1 Å². The molecule has 0 amide bonds. The molecule has 1 aliphatic rings. The number of piperidine rings is 1. The van der Waals surface area contributed by atoms with Gasteiger partial charge in [-0.2, -0.15) is 4.31 Å². The van der Waals surface area contributed by atoms with Gasteiger partial charge in [-0.05, 0) is 31.0 Å². The minimum atomic E-state index is -3.79. The van der Waals surface area contributed by atoms with Gasteiger partial charge >= 0.3 is 0 Å². The van der Waals surface area contributed by atoms with E-state index >= 15 is 0 Å². The number of sulfonamides is 1. The smallest absolute Gasteiger partial charge is 0.243 e. The Labute approximate surface area is 183 Å². The van der Waals surface area contributed by atoms with Crippen molar-refractivity contribution in [1.82, 2.24) is 4.31 Å². The van der Waals surface area contributed by atoms with Crippen molar-refractivity contribution in [2.45, 2.75) is 23.8 Å². The highest BCUT2D eigenvalue weighted by Crippen LogP contribution is 2.40. The summed E-state index contributed by atoms with van der Waals surface area (Å²) in [6, 6.07) is 24.4. The van der Waals surface area contributed by atoms with Crippen LogP contribution in [0.2, 0.25) is 0 Å². The first-order valence-corrected chi connectivity index (χ1v) is 11.7. The van der Waals surface area contributed by atoms with Crippen molar-refractivity contribution in [2.24, 2.45) is 5.92 Å². The molecule has 0 aliphatic carbocycles. The normalized spacial score (nSPS) is 22.2. The zero-order chi connectivity index (χ0) is 22.1. The van der Waals surface area contributed by atoms with Crippen LogP contribution in [0, 0.1) is 12.8 Å². The largest absolute Gasteiger partial charge is 0.384 e. The van der Waals surface area contributed by atoms with Gasteiger partial charge in [0.05, 0.1) is 10.8 Å². The van der Waals surface area contributed by atoms with Crippen molar-refractivity contribution in [1.29, 1.82) is 0 Å². The van der Waals surface area contributed by atoms with E-state index in [1.807, 2.05) is 31.2 Å². The summed E-state index contributed by atoms with van der Waals surface area (Å²) in [7, 11) is -3.79. The van der Waals surface area contributed by atoms with Gasteiger partial charge in [-0.25, -0.2) is 8.42 Å². The summed E-state index contributed by atoms with van der Waals surface area (Å²) in [5.41, 5.74) is 0.592. The van der Waals surface area contributed by atoms with Crippen molar-refractivity contribution >= 4 is 15.8 Å². The molecule has 2 unspecified atom stereocenters. The molecule has 6 heteroatoms. The second kappa shape index (κ2) is 8.38. The number of hydrogen-bond acceptors (Lipinski definition) is 4. The fourth-order valence-corrected chi connectivity index (χ4v) is 5.62. The van der Waals surface area contributed by atoms with Crippen LogP contribution in [0.5, 0.6) is 0 Å². The molecule has 0 spiro atoms. The zero-order valence-corrected chi connectivity index (χ0v) is 18.1. The third-order valence-electron chi connectivity index (χ3n) is 6.01. The number of aliphatic hydroxyl groups is 1. The van der Waals surface area contributed by atoms with E-state index in [2.05, 4.69) is 0 Å². The molecule has 160 valence electrons. The molecule has 1 aliphatic heterocycles. The molecule has 0 saturated carbocycles. The van der Waals surface area contributed by atoms with E-state index in [-0.39, 0.29) is 30.2 Å². The number of hydrogen-bond donors (Lipinski definition) is 1. The minimum absolute atomic E-state index is 0.0880. The number of ketones is 1. The van der Waals surface area contributed by atoms with Gasteiger partial charge in [0.15, 0.2) is 5.78 Å². The molecular weight excluding hydrogens is 410 g/mol. The molecule has 4 rings (SSSR count). The van der Waals surface area contributed by atoms with Crippen LogP contribution in [0.3, 0.4) is 0 Å². The predicted molar refractivity (Wildman–Crippen MR) is 119 cm³/mol. The lowest BCUT2D eigenvalue weighted by Gasteiger charge is -2.43. The maximum atomic E-state index is 13.5. The molecule has 1 fully saturated rings. The Balaban J connectivity index is 1.73. The highest BCUT2D eigenvalue weighted by Gasteiger charge is 2.49. The first-order chi connectivity index (χ1) is 14.8. The lowest BCUT2D eigenvalue weighted by atomic mass is 9.73. The number of benzene rings is 3. The first kappa shape index (κ1) is 21.4. The molecule has 1 N–H and O–H groups in total. The van der Waals surface area contributed by atoms with Crippen LogP contribution in [0.15, 0.2) is 89.8 Å². The molecule has 2 atom stereocenters. The van der Waals surface area contributed by atoms with Crippen molar-refractivity contribution in [3.8, 4) is 0 Å². The minimum Gasteiger partial charge on any atom is -0.384 e. The first-order valence-electron chi connectivity index (χ1n) is 10.3. The van der Waals surface area contributed by atoms with Crippen LogP contribution in [-0.2, 0) is 15.6 Å². The number of carbonyl (C=O) groups is 1. The zero-order valence-electron chi connectivity index (χ0n) is 17.3. The molecule has 0 aromatic heterocycles. The van der Waals surface area contributed by atoms with E-state index in [4.69, 9.17) is 0 Å². The summed E-state index contributed by atoms with van der Waals surface area (Å²) in [6.45, 7) is 1.93. The van der Waals surface area contributed by atoms with Gasteiger partial charge in [-0.1, -0.05) is 78.4 Å². The van der Waals surface area contributed by atoms with Crippen LogP contribution in [0.4, 0.5) is 0 Å². The fourth-order valence-electron chi connectivity index (χ4n) is 4.17. The average molecular weight is 436 g/mol. The third-order valence-corrected chi connectivity index (χ3v) is 7.89. The third kappa shape index (κ3) is 4.06. The fraction of sp³-hybridized carbons (Fsp3) is 0.240. The molecular formula is C25H25NO4S. The van der Waals surface area contributed by atoms with Gasteiger partial charge in [-0.3, -0.25) is 4.79 Å². The average Bonchev–Trinajstić information content (AvgIpc) is 2.80. The Kier molecular flexibility index (Phi) is 5.79. The Hall–Kier alpha value is -2.80. The van der Waals surface area contributed by atoms with E-state index in [9.17, 15) is 18.3 Å². The standard InChI is InChI=1S/C25H25NO4S/c1-19-12-14-22(15-13-19)31(29,30)26-17-16-25(28,21-10-6-3-7-11-21)23(18-26)24(27)20-8-4-2-5-9-20/h2-15,23,28H,16-18H2,1H3. The Morgan fingerprint density at radius 1 is 0.935 bits per heavy atom. The lowest BCUT2D eigenvalue weighted by Crippen LogP contribution is -2.54. The summed E-state index contributed by atoms with van der Waals surface area (Å²) in [5.74, 6) is -1.19. The summed E-state index contributed by atoms with van der Waals surface area (Å²) in [4.78, 5) is 13.6. The molecule has 5 nitrogen and oxygen atoms in total. The topological polar surface area (TPSA) is 74.7 Å². The van der Waals surface area contributed by atoms with Gasteiger partial charge in [0, 0.05) is 18.7 Å². The molecule has 1 heterocycles. The van der Waals surface area contributed by atoms with Crippen LogP contribution < -0.4 is 0 Å². The van der Waals surface area contributed by atoms with E-state index < -0.39 is 21.5 Å². The molecule has 3 aromatic rings. The molecule has 31 heavy (non-hydrogen) atoms. The number of aryl methyl sites for hydroxylation is 1. The number of rotatable bonds is 5. The van der Waals surface area contributed by atoms with Gasteiger partial charge in [0.25, 0.3) is 0 Å². The van der Waals surface area contributed by atoms with Crippen LogP contribution >= 0.6 is 0 Å². The second-order valence-corrected chi connectivity index (χ2v) is 9.94. The second-order valence-electron chi connectivity index (χ2n) is 8.00. The SMILES string of the molecule is Cc1ccc(S(=O)(=O)N2CCC(O)(c3ccccc3)C(C(=O)c3ccccc3)C2)cc1. The number of Topliss-reactive ketones (excluding diaryl/α,β-unsaturated/α-hetero) is 1. The van der Waals surface area contributed by atoms with Crippen LogP contribution in [0.1, 0.15) is 27.9 Å². The van der Waals surface area contributed by atoms with Gasteiger partial charge < -0.3 is 5.11 Å². The quantitative estimate of drug-likeness (QED) is 0.619. The Morgan fingerprint density at radius 3 is 2.13 bits per heavy atom. The summed E-state index contributed by atoms with van der Waals surface area (Å²) in [6.07, 6.45) is 0.130. The highest BCUT2D eigenvalue weighted by atomic mass is 32.2. The molecule has 1 saturated heterocycles. The summed E-state index contributed by atoms with van der Waals surface area (Å²) in [5, 5.41) is 11.7. The molecule has 3 aromatic carbocycles. The van der Waals surface area contributed by atoms with Gasteiger partial charge in [-0.15, -0.1) is 0 Å². The van der Waals surface area contributed by atoms with E-state index in [1.54, 1.807) is 60.7 Å². The molecule has 0 bridgehead atoms. The number of nitrogens with zero attached hydrogens (tertiary/aromatic N) is 1. The maximum absolute atomic E-state index is 13.5. The van der Waals surface area contributed by atoms with Crippen molar-refractivity contribution in [3.05, 3.63) is 102 Å². The highest BCUT2D eigenvalue weighted by molar-refractivity contribution is 7.89. The Morgan fingerprint density at radius 2 is 1.52 bits per heavy atom. The van der Waals surface area contributed by atoms with E-state index in [0.717, 1.165) is 5.56 Å². The van der Waals surface area contributed by atoms with Crippen LogP contribution in [0.25, 0.3) is 0 Å². The Bertz CT molecular complexity index is 1160. The lowest BCUT2D eigenvalue weighted by molar-refractivity contribution is -0.0496. The van der Waals surface area contributed by atoms with Gasteiger partial charge in [0.1, 0.15) is 5.60 Å². The van der Waals surface area contributed by atoms with Gasteiger partial charge in [0.2, 0.25) is 10.0 Å². The van der Waals surface area contributed by atoms with Crippen LogP contribution in [-0.4, -0.2) is 36.7 Å². The summed E-state index contributed by atoms with van der Waals surface area (Å²) < 4.78 is 27.9. The monoisotopic (exact) mass is 435 g/mol. The molecule has 0 radical (unpaired) electrons. The number of carbonyl (C=O) groups excluding carboxylic acids is 1. The predicted octanol–water partition coefficient (Wildman–Crippen LogP) is 3.78. The van der Waals surface area contributed by atoms with E-state index in [1.165, 1.54) is 4.31 Å². The maximum Gasteiger partial charge on any atom is 0.243 e. The van der Waals surface area contributed by atoms with Crippen molar-refractivity contribution in [2.75, 3.05) is 13.1 Å². The van der Waals surface area contributed by atoms with Crippen molar-refractivity contribution in [3.63, 3.8) is 0 Å².